The van der Waals surface area contributed by atoms with Crippen LogP contribution < -0.4 is 0 Å². The van der Waals surface area contributed by atoms with Crippen LogP contribution in [0, 0.1) is 0 Å². The van der Waals surface area contributed by atoms with Crippen LogP contribution in [0.15, 0.2) is 12.3 Å². The van der Waals surface area contributed by atoms with Crippen molar-refractivity contribution >= 4 is 0 Å². The van der Waals surface area contributed by atoms with Crippen molar-refractivity contribution in [3.05, 3.63) is 12.3 Å². The summed E-state index contributed by atoms with van der Waals surface area (Å²) in [6, 6.07) is 0. The first kappa shape index (κ1) is 6.54. The molecule has 0 bridgehead atoms. The molecule has 1 aliphatic heterocycles. The van der Waals surface area contributed by atoms with E-state index in [9.17, 15) is 0 Å². The molecular weight excluding hydrogens is 88.1 g/mol. The van der Waals surface area contributed by atoms with Gasteiger partial charge in [0.05, 0.1) is 12.9 Å². The summed E-state index contributed by atoms with van der Waals surface area (Å²) in [5.74, 6) is 0. The van der Waals surface area contributed by atoms with Crippen LogP contribution in [0.5, 0.6) is 0 Å². The van der Waals surface area contributed by atoms with Crippen LogP contribution in [-0.2, 0) is 4.74 Å². The Bertz CT molecular complexity index is 49.2. The Balaban J connectivity index is 0.000000360. The molecule has 0 aromatic rings. The molecule has 1 nitrogen and oxygen atoms in total. The fraction of sp³-hybridized carbons (Fsp3) is 0.667. The Morgan fingerprint density at radius 1 is 1.43 bits per heavy atom. The third-order valence-corrected chi connectivity index (χ3v) is 0.825. The highest BCUT2D eigenvalue weighted by Crippen LogP contribution is 1.97. The normalized spacial score (nSPS) is 17.1. The van der Waals surface area contributed by atoms with Crippen molar-refractivity contribution in [1.29, 1.82) is 0 Å². The van der Waals surface area contributed by atoms with E-state index in [0.717, 1.165) is 6.61 Å². The lowest BCUT2D eigenvalue weighted by molar-refractivity contribution is 0.231. The second kappa shape index (κ2) is 3.72. The molecule has 1 heteroatoms. The predicted molar refractivity (Wildman–Crippen MR) is 31.1 cm³/mol. The lowest BCUT2D eigenvalue weighted by Crippen LogP contribution is -1.90. The lowest BCUT2D eigenvalue weighted by Gasteiger charge is -2.01. The Labute approximate surface area is 45.0 Å². The first-order valence-corrected chi connectivity index (χ1v) is 2.27. The van der Waals surface area contributed by atoms with Gasteiger partial charge in [0.1, 0.15) is 0 Å². The Kier molecular flexibility index (Phi) is 3.48. The molecule has 42 valence electrons. The number of allylic oxidation sites excluding steroid dienone is 1. The van der Waals surface area contributed by atoms with Gasteiger partial charge in [-0.1, -0.05) is 7.43 Å². The van der Waals surface area contributed by atoms with Gasteiger partial charge in [0.2, 0.25) is 0 Å². The molecule has 7 heavy (non-hydrogen) atoms. The van der Waals surface area contributed by atoms with E-state index in [1.165, 1.54) is 12.8 Å². The van der Waals surface area contributed by atoms with Crippen molar-refractivity contribution in [2.24, 2.45) is 0 Å². The molecule has 0 N–H and O–H groups in total. The molecule has 1 rings (SSSR count). The van der Waals surface area contributed by atoms with E-state index in [1.807, 2.05) is 6.08 Å². The van der Waals surface area contributed by atoms with Crippen LogP contribution in [0.25, 0.3) is 0 Å². The summed E-state index contributed by atoms with van der Waals surface area (Å²) >= 11 is 0. The van der Waals surface area contributed by atoms with Gasteiger partial charge >= 0.3 is 0 Å². The summed E-state index contributed by atoms with van der Waals surface area (Å²) in [6.45, 7) is 0.913. The molecule has 0 saturated heterocycles. The number of ether oxygens (including phenoxy) is 1. The van der Waals surface area contributed by atoms with Gasteiger partial charge in [0.15, 0.2) is 0 Å². The molecule has 0 aromatic heterocycles. The average Bonchev–Trinajstić information content (AvgIpc) is 1.72. The molecule has 1 aliphatic rings. The minimum atomic E-state index is 0. The standard InChI is InChI=1S/C5H8O.CH4/c1-2-4-6-5-3-1;/h2,4H,1,3,5H2;1H4. The van der Waals surface area contributed by atoms with E-state index in [4.69, 9.17) is 4.74 Å². The molecule has 1 heterocycles. The SMILES string of the molecule is C.C1=COCCC1. The topological polar surface area (TPSA) is 9.23 Å². The zero-order valence-corrected chi connectivity index (χ0v) is 3.68. The van der Waals surface area contributed by atoms with E-state index in [0.29, 0.717) is 0 Å². The van der Waals surface area contributed by atoms with Gasteiger partial charge in [0, 0.05) is 0 Å². The molecule has 0 atom stereocenters. The fourth-order valence-corrected chi connectivity index (χ4v) is 0.489. The quantitative estimate of drug-likeness (QED) is 0.452. The lowest BCUT2D eigenvalue weighted by atomic mass is 10.3. The zero-order valence-electron chi connectivity index (χ0n) is 3.68. The second-order valence-electron chi connectivity index (χ2n) is 1.38. The molecule has 0 saturated carbocycles. The predicted octanol–water partition coefficient (Wildman–Crippen LogP) is 1.95. The minimum absolute atomic E-state index is 0. The molecule has 0 aromatic carbocycles. The Morgan fingerprint density at radius 2 is 2.29 bits per heavy atom. The van der Waals surface area contributed by atoms with Gasteiger partial charge < -0.3 is 4.74 Å². The van der Waals surface area contributed by atoms with E-state index in [-0.39, 0.29) is 7.43 Å². The highest BCUT2D eigenvalue weighted by atomic mass is 16.5. The first-order valence-electron chi connectivity index (χ1n) is 2.27. The Morgan fingerprint density at radius 3 is 2.43 bits per heavy atom. The summed E-state index contributed by atoms with van der Waals surface area (Å²) in [7, 11) is 0. The van der Waals surface area contributed by atoms with Crippen molar-refractivity contribution in [2.75, 3.05) is 6.61 Å². The van der Waals surface area contributed by atoms with Crippen LogP contribution in [0.4, 0.5) is 0 Å². The van der Waals surface area contributed by atoms with Gasteiger partial charge in [-0.2, -0.15) is 0 Å². The number of hydrogen-bond donors (Lipinski definition) is 0. The maximum Gasteiger partial charge on any atom is 0.0876 e. The zero-order chi connectivity index (χ0) is 4.24. The van der Waals surface area contributed by atoms with Gasteiger partial charge in [-0.05, 0) is 18.9 Å². The third-order valence-electron chi connectivity index (χ3n) is 0.825. The van der Waals surface area contributed by atoms with Crippen molar-refractivity contribution in [2.45, 2.75) is 20.3 Å². The first-order chi connectivity index (χ1) is 3.00. The molecule has 0 aliphatic carbocycles. The Hall–Kier alpha value is -0.460. The van der Waals surface area contributed by atoms with Crippen LogP contribution in [0.1, 0.15) is 20.3 Å². The van der Waals surface area contributed by atoms with E-state index >= 15 is 0 Å². The van der Waals surface area contributed by atoms with Crippen molar-refractivity contribution in [3.8, 4) is 0 Å². The van der Waals surface area contributed by atoms with Gasteiger partial charge in [-0.25, -0.2) is 0 Å². The van der Waals surface area contributed by atoms with E-state index < -0.39 is 0 Å². The second-order valence-corrected chi connectivity index (χ2v) is 1.38. The maximum atomic E-state index is 4.89. The van der Waals surface area contributed by atoms with Crippen molar-refractivity contribution in [1.82, 2.24) is 0 Å². The van der Waals surface area contributed by atoms with Gasteiger partial charge in [0.25, 0.3) is 0 Å². The minimum Gasteiger partial charge on any atom is -0.502 e. The monoisotopic (exact) mass is 100 g/mol. The number of rotatable bonds is 0. The summed E-state index contributed by atoms with van der Waals surface area (Å²) < 4.78 is 4.89. The summed E-state index contributed by atoms with van der Waals surface area (Å²) in [5.41, 5.74) is 0. The number of hydrogen-bond acceptors (Lipinski definition) is 1. The average molecular weight is 100 g/mol. The third kappa shape index (κ3) is 2.26. The summed E-state index contributed by atoms with van der Waals surface area (Å²) in [5, 5.41) is 0. The fourth-order valence-electron chi connectivity index (χ4n) is 0.489. The summed E-state index contributed by atoms with van der Waals surface area (Å²) in [6.07, 6.45) is 6.20. The van der Waals surface area contributed by atoms with Gasteiger partial charge in [-0.15, -0.1) is 0 Å². The molecule has 0 radical (unpaired) electrons. The van der Waals surface area contributed by atoms with E-state index in [1.54, 1.807) is 6.26 Å². The maximum absolute atomic E-state index is 4.89. The highest BCUT2D eigenvalue weighted by Gasteiger charge is 1.86. The largest absolute Gasteiger partial charge is 0.502 e. The van der Waals surface area contributed by atoms with Crippen molar-refractivity contribution in [3.63, 3.8) is 0 Å². The van der Waals surface area contributed by atoms with Crippen LogP contribution in [0.3, 0.4) is 0 Å². The molecule has 0 unspecified atom stereocenters. The molecule has 0 amide bonds. The smallest absolute Gasteiger partial charge is 0.0876 e. The van der Waals surface area contributed by atoms with Crippen molar-refractivity contribution < 1.29 is 4.74 Å². The van der Waals surface area contributed by atoms with Crippen LogP contribution in [0.2, 0.25) is 0 Å². The van der Waals surface area contributed by atoms with E-state index in [2.05, 4.69) is 0 Å². The van der Waals surface area contributed by atoms with Gasteiger partial charge in [-0.3, -0.25) is 0 Å². The van der Waals surface area contributed by atoms with Crippen LogP contribution >= 0.6 is 0 Å². The van der Waals surface area contributed by atoms with Crippen LogP contribution in [-0.4, -0.2) is 6.61 Å². The molecule has 0 fully saturated rings. The molecular formula is C6H12O. The summed E-state index contributed by atoms with van der Waals surface area (Å²) in [4.78, 5) is 0. The highest BCUT2D eigenvalue weighted by molar-refractivity contribution is 4.76. The molecule has 0 spiro atoms.